The van der Waals surface area contributed by atoms with Crippen molar-refractivity contribution in [2.24, 2.45) is 5.92 Å². The van der Waals surface area contributed by atoms with Crippen molar-refractivity contribution in [2.75, 3.05) is 18.0 Å². The molecule has 0 radical (unpaired) electrons. The number of nitrogens with zero attached hydrogens (tertiary/aromatic N) is 2. The third kappa shape index (κ3) is 2.19. The zero-order valence-corrected chi connectivity index (χ0v) is 10.7. The first-order valence-corrected chi connectivity index (χ1v) is 6.94. The maximum atomic E-state index is 12.6. The second kappa shape index (κ2) is 4.80. The lowest BCUT2D eigenvalue weighted by Crippen LogP contribution is -2.35. The van der Waals surface area contributed by atoms with Crippen molar-refractivity contribution in [1.29, 1.82) is 0 Å². The highest BCUT2D eigenvalue weighted by Crippen LogP contribution is 2.32. The first-order chi connectivity index (χ1) is 8.74. The number of fused-ring (bicyclic) bond motifs is 1. The molecule has 1 fully saturated rings. The van der Waals surface area contributed by atoms with Gasteiger partial charge in [0.25, 0.3) is 0 Å². The average molecular weight is 268 g/mol. The van der Waals surface area contributed by atoms with Crippen molar-refractivity contribution < 1.29 is 8.78 Å². The number of benzene rings is 1. The fourth-order valence-corrected chi connectivity index (χ4v) is 3.36. The molecule has 2 aromatic rings. The number of para-hydroxylation sites is 1. The Hall–Kier alpha value is -1.23. The molecule has 1 saturated heterocycles. The van der Waals surface area contributed by atoms with Crippen molar-refractivity contribution in [3.05, 3.63) is 24.3 Å². The molecule has 1 aliphatic rings. The molecular formula is C13H14F2N2S. The molecule has 0 atom stereocenters. The van der Waals surface area contributed by atoms with Crippen molar-refractivity contribution in [2.45, 2.75) is 19.3 Å². The third-order valence-corrected chi connectivity index (χ3v) is 4.55. The van der Waals surface area contributed by atoms with E-state index in [4.69, 9.17) is 0 Å². The summed E-state index contributed by atoms with van der Waals surface area (Å²) in [5.74, 6) is -0.435. The second-order valence-corrected chi connectivity index (χ2v) is 5.63. The summed E-state index contributed by atoms with van der Waals surface area (Å²) in [5, 5.41) is 0.962. The molecule has 2 heterocycles. The maximum absolute atomic E-state index is 12.6. The van der Waals surface area contributed by atoms with Crippen LogP contribution >= 0.6 is 11.3 Å². The van der Waals surface area contributed by atoms with Crippen molar-refractivity contribution >= 4 is 26.7 Å². The van der Waals surface area contributed by atoms with Gasteiger partial charge in [-0.25, -0.2) is 13.8 Å². The smallest absolute Gasteiger partial charge is 0.241 e. The Morgan fingerprint density at radius 2 is 1.94 bits per heavy atom. The van der Waals surface area contributed by atoms with Crippen LogP contribution in [0.3, 0.4) is 0 Å². The van der Waals surface area contributed by atoms with Gasteiger partial charge in [-0.3, -0.25) is 0 Å². The van der Waals surface area contributed by atoms with Crippen LogP contribution in [-0.2, 0) is 0 Å². The SMILES string of the molecule is FC(F)C1CCN(c2nc3ccccc3s2)CC1. The number of thiazole rings is 1. The van der Waals surface area contributed by atoms with E-state index in [1.807, 2.05) is 24.3 Å². The maximum Gasteiger partial charge on any atom is 0.241 e. The van der Waals surface area contributed by atoms with Gasteiger partial charge in [0.2, 0.25) is 6.43 Å². The van der Waals surface area contributed by atoms with Gasteiger partial charge in [0.1, 0.15) is 0 Å². The zero-order chi connectivity index (χ0) is 12.5. The third-order valence-electron chi connectivity index (χ3n) is 3.45. The molecule has 0 N–H and O–H groups in total. The average Bonchev–Trinajstić information content (AvgIpc) is 2.82. The first kappa shape index (κ1) is 11.8. The summed E-state index contributed by atoms with van der Waals surface area (Å²) in [6.45, 7) is 1.38. The minimum absolute atomic E-state index is 0.435. The van der Waals surface area contributed by atoms with E-state index in [1.54, 1.807) is 11.3 Å². The summed E-state index contributed by atoms with van der Waals surface area (Å²) in [6.07, 6.45) is -1.05. The van der Waals surface area contributed by atoms with Crippen LogP contribution in [0, 0.1) is 5.92 Å². The summed E-state index contributed by atoms with van der Waals surface area (Å²) in [4.78, 5) is 6.69. The van der Waals surface area contributed by atoms with E-state index in [1.165, 1.54) is 0 Å². The van der Waals surface area contributed by atoms with Crippen LogP contribution in [-0.4, -0.2) is 24.5 Å². The number of rotatable bonds is 2. The van der Waals surface area contributed by atoms with Gasteiger partial charge in [0.15, 0.2) is 5.13 Å². The minimum atomic E-state index is -2.18. The normalized spacial score (nSPS) is 17.8. The summed E-state index contributed by atoms with van der Waals surface area (Å²) in [6, 6.07) is 7.99. The number of halogens is 2. The Labute approximate surface area is 108 Å². The quantitative estimate of drug-likeness (QED) is 0.824. The standard InChI is InChI=1S/C13H14F2N2S/c14-12(15)9-5-7-17(8-6-9)13-16-10-3-1-2-4-11(10)18-13/h1-4,9,12H,5-8H2. The predicted octanol–water partition coefficient (Wildman–Crippen LogP) is 3.78. The van der Waals surface area contributed by atoms with Gasteiger partial charge in [-0.1, -0.05) is 23.5 Å². The van der Waals surface area contributed by atoms with Crippen LogP contribution in [0.5, 0.6) is 0 Å². The van der Waals surface area contributed by atoms with Gasteiger partial charge in [-0.2, -0.15) is 0 Å². The fourth-order valence-electron chi connectivity index (χ4n) is 2.34. The van der Waals surface area contributed by atoms with Gasteiger partial charge in [0.05, 0.1) is 10.2 Å². The van der Waals surface area contributed by atoms with Crippen LogP contribution in [0.25, 0.3) is 10.2 Å². The van der Waals surface area contributed by atoms with E-state index in [9.17, 15) is 8.78 Å². The number of aromatic nitrogens is 1. The van der Waals surface area contributed by atoms with Crippen molar-refractivity contribution in [1.82, 2.24) is 4.98 Å². The van der Waals surface area contributed by atoms with E-state index in [0.717, 1.165) is 15.3 Å². The zero-order valence-electron chi connectivity index (χ0n) is 9.85. The van der Waals surface area contributed by atoms with Gasteiger partial charge in [-0.15, -0.1) is 0 Å². The van der Waals surface area contributed by atoms with Crippen LogP contribution < -0.4 is 4.90 Å². The van der Waals surface area contributed by atoms with Crippen molar-refractivity contribution in [3.63, 3.8) is 0 Å². The Kier molecular flexibility index (Phi) is 3.16. The molecule has 5 heteroatoms. The molecule has 1 aliphatic heterocycles. The number of piperidine rings is 1. The molecule has 0 unspecified atom stereocenters. The lowest BCUT2D eigenvalue weighted by atomic mass is 9.98. The highest BCUT2D eigenvalue weighted by atomic mass is 32.1. The molecule has 2 nitrogen and oxygen atoms in total. The molecule has 0 amide bonds. The van der Waals surface area contributed by atoms with E-state index in [2.05, 4.69) is 9.88 Å². The molecule has 18 heavy (non-hydrogen) atoms. The highest BCUT2D eigenvalue weighted by molar-refractivity contribution is 7.22. The van der Waals surface area contributed by atoms with Gasteiger partial charge in [-0.05, 0) is 25.0 Å². The topological polar surface area (TPSA) is 16.1 Å². The van der Waals surface area contributed by atoms with Crippen LogP contribution in [0.2, 0.25) is 0 Å². The summed E-state index contributed by atoms with van der Waals surface area (Å²) < 4.78 is 26.3. The largest absolute Gasteiger partial charge is 0.348 e. The fraction of sp³-hybridized carbons (Fsp3) is 0.462. The van der Waals surface area contributed by atoms with Crippen LogP contribution in [0.15, 0.2) is 24.3 Å². The second-order valence-electron chi connectivity index (χ2n) is 4.62. The van der Waals surface area contributed by atoms with E-state index in [0.29, 0.717) is 25.9 Å². The first-order valence-electron chi connectivity index (χ1n) is 6.13. The Morgan fingerprint density at radius 3 is 2.61 bits per heavy atom. The number of hydrogen-bond donors (Lipinski definition) is 0. The molecule has 0 spiro atoms. The van der Waals surface area contributed by atoms with Gasteiger partial charge in [0, 0.05) is 19.0 Å². The van der Waals surface area contributed by atoms with E-state index >= 15 is 0 Å². The number of hydrogen-bond acceptors (Lipinski definition) is 3. The minimum Gasteiger partial charge on any atom is -0.348 e. The van der Waals surface area contributed by atoms with E-state index in [-0.39, 0.29) is 0 Å². The summed E-state index contributed by atoms with van der Waals surface area (Å²) >= 11 is 1.64. The van der Waals surface area contributed by atoms with Gasteiger partial charge < -0.3 is 4.90 Å². The Morgan fingerprint density at radius 1 is 1.22 bits per heavy atom. The van der Waals surface area contributed by atoms with Gasteiger partial charge >= 0.3 is 0 Å². The highest BCUT2D eigenvalue weighted by Gasteiger charge is 2.27. The molecular weight excluding hydrogens is 254 g/mol. The number of anilines is 1. The van der Waals surface area contributed by atoms with Crippen molar-refractivity contribution in [3.8, 4) is 0 Å². The molecule has 3 rings (SSSR count). The van der Waals surface area contributed by atoms with E-state index < -0.39 is 12.3 Å². The van der Waals surface area contributed by atoms with Crippen LogP contribution in [0.1, 0.15) is 12.8 Å². The van der Waals surface area contributed by atoms with Crippen LogP contribution in [0.4, 0.5) is 13.9 Å². The summed E-state index contributed by atoms with van der Waals surface area (Å²) in [7, 11) is 0. The Bertz CT molecular complexity index is 500. The molecule has 0 bridgehead atoms. The molecule has 1 aromatic carbocycles. The lowest BCUT2D eigenvalue weighted by Gasteiger charge is -2.31. The molecule has 0 saturated carbocycles. The molecule has 1 aromatic heterocycles. The lowest BCUT2D eigenvalue weighted by molar-refractivity contribution is 0.0636. The Balaban J connectivity index is 1.76. The monoisotopic (exact) mass is 268 g/mol. The molecule has 96 valence electrons. The summed E-state index contributed by atoms with van der Waals surface area (Å²) in [5.41, 5.74) is 0.994. The molecule has 0 aliphatic carbocycles. The number of alkyl halides is 2. The predicted molar refractivity (Wildman–Crippen MR) is 70.6 cm³/mol.